The Hall–Kier alpha value is -1.16. The molecule has 1 N–H and O–H groups in total. The molecule has 2 aliphatic rings. The van der Waals surface area contributed by atoms with Crippen molar-refractivity contribution in [1.82, 2.24) is 4.90 Å². The maximum Gasteiger partial charge on any atom is 0.248 e. The van der Waals surface area contributed by atoms with E-state index in [9.17, 15) is 14.7 Å². The molecule has 1 saturated carbocycles. The second-order valence-electron chi connectivity index (χ2n) is 5.09. The zero-order valence-electron chi connectivity index (χ0n) is 10.1. The molecule has 0 unspecified atom stereocenters. The molecule has 0 radical (unpaired) electrons. The van der Waals surface area contributed by atoms with Gasteiger partial charge in [-0.25, -0.2) is 0 Å². The van der Waals surface area contributed by atoms with Crippen LogP contribution in [0.3, 0.4) is 0 Å². The summed E-state index contributed by atoms with van der Waals surface area (Å²) in [5.74, 6) is 0.807. The van der Waals surface area contributed by atoms with E-state index in [4.69, 9.17) is 0 Å². The third-order valence-electron chi connectivity index (χ3n) is 3.89. The van der Waals surface area contributed by atoms with E-state index in [0.29, 0.717) is 12.5 Å². The highest BCUT2D eigenvalue weighted by atomic mass is 16.3. The molecule has 1 fully saturated rings. The van der Waals surface area contributed by atoms with Crippen LogP contribution < -0.4 is 0 Å². The molecule has 1 atom stereocenters. The van der Waals surface area contributed by atoms with Crippen LogP contribution in [0, 0.1) is 11.8 Å². The molecular formula is C13H19NO3. The number of Topliss-reactive ketones (excluding diaryl/α,β-unsaturated/α-hetero) is 1. The molecule has 1 amide bonds. The average Bonchev–Trinajstić information content (AvgIpc) is 2.61. The van der Waals surface area contributed by atoms with Crippen molar-refractivity contribution in [3.8, 4) is 0 Å². The summed E-state index contributed by atoms with van der Waals surface area (Å²) in [4.78, 5) is 24.2. The molecule has 1 heterocycles. The number of ketones is 1. The third-order valence-corrected chi connectivity index (χ3v) is 3.89. The minimum atomic E-state index is -0.756. The van der Waals surface area contributed by atoms with E-state index in [-0.39, 0.29) is 17.6 Å². The van der Waals surface area contributed by atoms with Crippen molar-refractivity contribution >= 4 is 11.7 Å². The average molecular weight is 237 g/mol. The molecule has 0 aromatic heterocycles. The second kappa shape index (κ2) is 5.00. The summed E-state index contributed by atoms with van der Waals surface area (Å²) in [5.41, 5.74) is 0. The molecule has 4 nitrogen and oxygen atoms in total. The maximum absolute atomic E-state index is 11.5. The van der Waals surface area contributed by atoms with Gasteiger partial charge in [-0.15, -0.1) is 0 Å². The normalized spacial score (nSPS) is 33.2. The van der Waals surface area contributed by atoms with Gasteiger partial charge in [0.25, 0.3) is 0 Å². The molecule has 1 aliphatic carbocycles. The number of hydrogen-bond donors (Lipinski definition) is 1. The van der Waals surface area contributed by atoms with E-state index in [1.807, 2.05) is 0 Å². The van der Waals surface area contributed by atoms with Crippen molar-refractivity contribution < 1.29 is 14.7 Å². The Labute approximate surface area is 101 Å². The summed E-state index contributed by atoms with van der Waals surface area (Å²) in [7, 11) is 0. The van der Waals surface area contributed by atoms with Gasteiger partial charge in [-0.1, -0.05) is 0 Å². The lowest BCUT2D eigenvalue weighted by Crippen LogP contribution is -2.38. The van der Waals surface area contributed by atoms with Gasteiger partial charge in [0.1, 0.15) is 12.0 Å². The first-order chi connectivity index (χ1) is 8.08. The summed E-state index contributed by atoms with van der Waals surface area (Å²) in [6.07, 6.45) is 5.97. The standard InChI is InChI=1S/C13H19NO3/c1-9(15)11-4-2-10(3-5-11)8-14-12(16)6-7-13(14)17/h6-7,10-12,16H,2-5,8H2,1H3/t10?,11?,12-/m1/s1. The molecular weight excluding hydrogens is 218 g/mol. The van der Waals surface area contributed by atoms with Gasteiger partial charge in [0.2, 0.25) is 5.91 Å². The minimum Gasteiger partial charge on any atom is -0.370 e. The van der Waals surface area contributed by atoms with Crippen LogP contribution in [0.25, 0.3) is 0 Å². The molecule has 4 heteroatoms. The first kappa shape index (κ1) is 12.3. The quantitative estimate of drug-likeness (QED) is 0.799. The number of carbonyl (C=O) groups excluding carboxylic acids is 2. The Morgan fingerprint density at radius 3 is 2.53 bits per heavy atom. The van der Waals surface area contributed by atoms with Crippen LogP contribution in [0.5, 0.6) is 0 Å². The fraction of sp³-hybridized carbons (Fsp3) is 0.692. The fourth-order valence-corrected chi connectivity index (χ4v) is 2.73. The predicted octanol–water partition coefficient (Wildman–Crippen LogP) is 1.10. The van der Waals surface area contributed by atoms with Crippen LogP contribution in [-0.2, 0) is 9.59 Å². The zero-order chi connectivity index (χ0) is 12.4. The first-order valence-corrected chi connectivity index (χ1v) is 6.25. The zero-order valence-corrected chi connectivity index (χ0v) is 10.1. The summed E-state index contributed by atoms with van der Waals surface area (Å²) >= 11 is 0. The van der Waals surface area contributed by atoms with Crippen LogP contribution in [0.2, 0.25) is 0 Å². The fourth-order valence-electron chi connectivity index (χ4n) is 2.73. The number of carbonyl (C=O) groups is 2. The number of amides is 1. The number of aliphatic hydroxyl groups is 1. The molecule has 2 rings (SSSR count). The van der Waals surface area contributed by atoms with Crippen molar-refractivity contribution in [1.29, 1.82) is 0 Å². The van der Waals surface area contributed by atoms with E-state index in [2.05, 4.69) is 0 Å². The van der Waals surface area contributed by atoms with E-state index < -0.39 is 6.23 Å². The Kier molecular flexibility index (Phi) is 3.62. The summed E-state index contributed by atoms with van der Waals surface area (Å²) in [6, 6.07) is 0. The molecule has 0 bridgehead atoms. The highest BCUT2D eigenvalue weighted by Gasteiger charge is 2.30. The number of aliphatic hydroxyl groups excluding tert-OH is 1. The Balaban J connectivity index is 1.82. The molecule has 0 aromatic rings. The van der Waals surface area contributed by atoms with Crippen LogP contribution in [-0.4, -0.2) is 34.5 Å². The predicted molar refractivity (Wildman–Crippen MR) is 63.0 cm³/mol. The number of hydrogen-bond acceptors (Lipinski definition) is 3. The van der Waals surface area contributed by atoms with E-state index in [1.54, 1.807) is 6.92 Å². The topological polar surface area (TPSA) is 57.6 Å². The van der Waals surface area contributed by atoms with Gasteiger partial charge in [-0.05, 0) is 44.6 Å². The van der Waals surface area contributed by atoms with Gasteiger partial charge in [0, 0.05) is 18.5 Å². The molecule has 1 aliphatic heterocycles. The van der Waals surface area contributed by atoms with Gasteiger partial charge in [-0.3, -0.25) is 9.59 Å². The SMILES string of the molecule is CC(=O)C1CCC(CN2C(=O)C=C[C@H]2O)CC1. The van der Waals surface area contributed by atoms with Crippen molar-refractivity contribution in [3.05, 3.63) is 12.2 Å². The van der Waals surface area contributed by atoms with Crippen LogP contribution in [0.4, 0.5) is 0 Å². The lowest BCUT2D eigenvalue weighted by Gasteiger charge is -2.31. The molecule has 0 saturated heterocycles. The van der Waals surface area contributed by atoms with Gasteiger partial charge >= 0.3 is 0 Å². The maximum atomic E-state index is 11.5. The van der Waals surface area contributed by atoms with Gasteiger partial charge in [-0.2, -0.15) is 0 Å². The van der Waals surface area contributed by atoms with Crippen molar-refractivity contribution in [3.63, 3.8) is 0 Å². The van der Waals surface area contributed by atoms with Crippen LogP contribution in [0.1, 0.15) is 32.6 Å². The van der Waals surface area contributed by atoms with Crippen LogP contribution in [0.15, 0.2) is 12.2 Å². The summed E-state index contributed by atoms with van der Waals surface area (Å²) < 4.78 is 0. The third kappa shape index (κ3) is 2.75. The monoisotopic (exact) mass is 237 g/mol. The Morgan fingerprint density at radius 1 is 1.41 bits per heavy atom. The summed E-state index contributed by atoms with van der Waals surface area (Å²) in [5, 5.41) is 9.59. The lowest BCUT2D eigenvalue weighted by atomic mass is 9.80. The van der Waals surface area contributed by atoms with E-state index in [1.165, 1.54) is 17.1 Å². The molecule has 17 heavy (non-hydrogen) atoms. The summed E-state index contributed by atoms with van der Waals surface area (Å²) in [6.45, 7) is 2.26. The lowest BCUT2D eigenvalue weighted by molar-refractivity contribution is -0.132. The second-order valence-corrected chi connectivity index (χ2v) is 5.09. The van der Waals surface area contributed by atoms with Crippen molar-refractivity contribution in [2.45, 2.75) is 38.8 Å². The minimum absolute atomic E-state index is 0.105. The van der Waals surface area contributed by atoms with Crippen molar-refractivity contribution in [2.75, 3.05) is 6.54 Å². The smallest absolute Gasteiger partial charge is 0.248 e. The van der Waals surface area contributed by atoms with Gasteiger partial charge in [0.05, 0.1) is 0 Å². The van der Waals surface area contributed by atoms with Gasteiger partial charge in [0.15, 0.2) is 0 Å². The number of rotatable bonds is 3. The Morgan fingerprint density at radius 2 is 2.06 bits per heavy atom. The first-order valence-electron chi connectivity index (χ1n) is 6.25. The number of nitrogens with zero attached hydrogens (tertiary/aromatic N) is 1. The Bertz CT molecular complexity index is 343. The van der Waals surface area contributed by atoms with E-state index >= 15 is 0 Å². The van der Waals surface area contributed by atoms with E-state index in [0.717, 1.165) is 25.7 Å². The highest BCUT2D eigenvalue weighted by molar-refractivity contribution is 5.90. The molecule has 0 spiro atoms. The van der Waals surface area contributed by atoms with Gasteiger partial charge < -0.3 is 10.0 Å². The largest absolute Gasteiger partial charge is 0.370 e. The van der Waals surface area contributed by atoms with Crippen LogP contribution >= 0.6 is 0 Å². The highest BCUT2D eigenvalue weighted by Crippen LogP contribution is 2.30. The van der Waals surface area contributed by atoms with Crippen molar-refractivity contribution in [2.24, 2.45) is 11.8 Å². The molecule has 94 valence electrons. The molecule has 0 aromatic carbocycles.